The first-order chi connectivity index (χ1) is 12.4. The summed E-state index contributed by atoms with van der Waals surface area (Å²) in [5, 5.41) is 11.7. The molecule has 0 radical (unpaired) electrons. The molecule has 2 aromatic heterocycles. The number of amides is 1. The molecule has 0 aliphatic carbocycles. The number of hydrogen-bond donors (Lipinski definition) is 1. The van der Waals surface area contributed by atoms with Crippen molar-refractivity contribution in [2.75, 3.05) is 5.32 Å². The summed E-state index contributed by atoms with van der Waals surface area (Å²) in [5.41, 5.74) is 2.80. The molecule has 1 N–H and O–H groups in total. The molecule has 3 aromatic rings. The van der Waals surface area contributed by atoms with Crippen LogP contribution in [0.15, 0.2) is 30.5 Å². The molecule has 0 unspecified atom stereocenters. The van der Waals surface area contributed by atoms with Gasteiger partial charge in [0.05, 0.1) is 23.6 Å². The highest BCUT2D eigenvalue weighted by Crippen LogP contribution is 2.24. The van der Waals surface area contributed by atoms with E-state index in [2.05, 4.69) is 15.5 Å². The first kappa shape index (κ1) is 18.1. The van der Waals surface area contributed by atoms with Crippen molar-refractivity contribution in [3.63, 3.8) is 0 Å². The van der Waals surface area contributed by atoms with Crippen molar-refractivity contribution in [2.24, 2.45) is 0 Å². The number of benzene rings is 1. The maximum atomic E-state index is 14.0. The molecule has 0 atom stereocenters. The summed E-state index contributed by atoms with van der Waals surface area (Å²) in [7, 11) is 0. The van der Waals surface area contributed by atoms with Gasteiger partial charge in [0.2, 0.25) is 0 Å². The molecule has 0 fully saturated rings. The topological polar surface area (TPSA) is 64.7 Å². The number of nitrogens with one attached hydrogen (secondary N) is 1. The monoisotopic (exact) mass is 375 g/mol. The Hall–Kier alpha value is -2.67. The van der Waals surface area contributed by atoms with Gasteiger partial charge >= 0.3 is 0 Å². The van der Waals surface area contributed by atoms with Crippen LogP contribution >= 0.6 is 11.6 Å². The SMILES string of the molecule is CCn1nccc1C(=O)Nc1c(C)nn(Cc2c(F)cccc2Cl)c1C. The molecule has 2 heterocycles. The molecule has 1 aromatic carbocycles. The quantitative estimate of drug-likeness (QED) is 0.737. The second-order valence-electron chi connectivity index (χ2n) is 5.89. The van der Waals surface area contributed by atoms with E-state index in [1.165, 1.54) is 6.07 Å². The Labute approximate surface area is 155 Å². The second kappa shape index (κ2) is 7.29. The fourth-order valence-corrected chi connectivity index (χ4v) is 3.04. The van der Waals surface area contributed by atoms with Crippen LogP contribution in [0.5, 0.6) is 0 Å². The highest BCUT2D eigenvalue weighted by Gasteiger charge is 2.19. The van der Waals surface area contributed by atoms with Crippen LogP contribution in [0.2, 0.25) is 5.02 Å². The molecular formula is C18H19ClFN5O. The summed E-state index contributed by atoms with van der Waals surface area (Å²) in [6.45, 7) is 6.30. The van der Waals surface area contributed by atoms with E-state index in [0.717, 1.165) is 5.69 Å². The number of hydrogen-bond acceptors (Lipinski definition) is 3. The van der Waals surface area contributed by atoms with Gasteiger partial charge in [0.1, 0.15) is 11.5 Å². The molecule has 3 rings (SSSR count). The Morgan fingerprint density at radius 1 is 1.27 bits per heavy atom. The van der Waals surface area contributed by atoms with Crippen LogP contribution in [-0.2, 0) is 13.1 Å². The summed E-state index contributed by atoms with van der Waals surface area (Å²) in [5.74, 6) is -0.651. The fourth-order valence-electron chi connectivity index (χ4n) is 2.82. The zero-order chi connectivity index (χ0) is 18.8. The maximum Gasteiger partial charge on any atom is 0.274 e. The minimum absolute atomic E-state index is 0.181. The molecular weight excluding hydrogens is 357 g/mol. The van der Waals surface area contributed by atoms with E-state index in [9.17, 15) is 9.18 Å². The van der Waals surface area contributed by atoms with E-state index < -0.39 is 0 Å². The number of rotatable bonds is 5. The van der Waals surface area contributed by atoms with E-state index in [4.69, 9.17) is 11.6 Å². The lowest BCUT2D eigenvalue weighted by Crippen LogP contribution is -2.18. The summed E-state index contributed by atoms with van der Waals surface area (Å²) in [6.07, 6.45) is 1.59. The number of aromatic nitrogens is 4. The van der Waals surface area contributed by atoms with Crippen LogP contribution in [0.1, 0.15) is 34.4 Å². The number of nitrogens with zero attached hydrogens (tertiary/aromatic N) is 4. The van der Waals surface area contributed by atoms with Gasteiger partial charge in [-0.15, -0.1) is 0 Å². The van der Waals surface area contributed by atoms with E-state index in [-0.39, 0.29) is 18.3 Å². The Kier molecular flexibility index (Phi) is 5.08. The zero-order valence-corrected chi connectivity index (χ0v) is 15.5. The Morgan fingerprint density at radius 3 is 2.73 bits per heavy atom. The summed E-state index contributed by atoms with van der Waals surface area (Å²) >= 11 is 6.10. The lowest BCUT2D eigenvalue weighted by Gasteiger charge is -2.09. The Balaban J connectivity index is 1.88. The van der Waals surface area contributed by atoms with Gasteiger partial charge in [0, 0.05) is 23.3 Å². The number of carbonyl (C=O) groups excluding carboxylic acids is 1. The highest BCUT2D eigenvalue weighted by molar-refractivity contribution is 6.31. The number of carbonyl (C=O) groups is 1. The lowest BCUT2D eigenvalue weighted by molar-refractivity contribution is 0.101. The minimum Gasteiger partial charge on any atom is -0.317 e. The van der Waals surface area contributed by atoms with Gasteiger partial charge in [0.15, 0.2) is 0 Å². The summed E-state index contributed by atoms with van der Waals surface area (Å²) < 4.78 is 17.3. The molecule has 0 saturated heterocycles. The van der Waals surface area contributed by atoms with Gasteiger partial charge in [-0.3, -0.25) is 14.2 Å². The van der Waals surface area contributed by atoms with E-state index in [1.807, 2.05) is 13.8 Å². The normalized spacial score (nSPS) is 11.0. The molecule has 26 heavy (non-hydrogen) atoms. The number of anilines is 1. The maximum absolute atomic E-state index is 14.0. The van der Waals surface area contributed by atoms with Crippen molar-refractivity contribution in [2.45, 2.75) is 33.9 Å². The first-order valence-electron chi connectivity index (χ1n) is 8.22. The van der Waals surface area contributed by atoms with Crippen molar-refractivity contribution in [3.05, 3.63) is 63.9 Å². The van der Waals surface area contributed by atoms with Crippen molar-refractivity contribution >= 4 is 23.2 Å². The van der Waals surface area contributed by atoms with Crippen LogP contribution in [0.4, 0.5) is 10.1 Å². The second-order valence-corrected chi connectivity index (χ2v) is 6.30. The standard InChI is InChI=1S/C18H19ClFN5O/c1-4-24-16(8-9-21-24)18(26)22-17-11(2)23-25(12(17)3)10-13-14(19)6-5-7-15(13)20/h5-9H,4,10H2,1-3H3,(H,22,26). The average molecular weight is 376 g/mol. The van der Waals surface area contributed by atoms with Crippen molar-refractivity contribution in [1.82, 2.24) is 19.6 Å². The van der Waals surface area contributed by atoms with Gasteiger partial charge in [-0.1, -0.05) is 17.7 Å². The lowest BCUT2D eigenvalue weighted by atomic mass is 10.2. The Bertz CT molecular complexity index is 942. The van der Waals surface area contributed by atoms with Crippen molar-refractivity contribution in [1.29, 1.82) is 0 Å². The molecule has 0 bridgehead atoms. The van der Waals surface area contributed by atoms with E-state index >= 15 is 0 Å². The first-order valence-corrected chi connectivity index (χ1v) is 8.60. The van der Waals surface area contributed by atoms with Crippen LogP contribution in [0, 0.1) is 19.7 Å². The molecule has 0 spiro atoms. The van der Waals surface area contributed by atoms with E-state index in [0.29, 0.717) is 34.2 Å². The third-order valence-electron chi connectivity index (χ3n) is 4.24. The smallest absolute Gasteiger partial charge is 0.274 e. The highest BCUT2D eigenvalue weighted by atomic mass is 35.5. The van der Waals surface area contributed by atoms with Gasteiger partial charge in [-0.05, 0) is 39.0 Å². The average Bonchev–Trinajstić information content (AvgIpc) is 3.18. The minimum atomic E-state index is -0.387. The molecule has 0 saturated carbocycles. The molecule has 0 aliphatic rings. The van der Waals surface area contributed by atoms with Crippen LogP contribution in [0.3, 0.4) is 0 Å². The van der Waals surface area contributed by atoms with Gasteiger partial charge < -0.3 is 5.32 Å². The van der Waals surface area contributed by atoms with Crippen LogP contribution in [0.25, 0.3) is 0 Å². The van der Waals surface area contributed by atoms with Gasteiger partial charge in [-0.25, -0.2) is 4.39 Å². The molecule has 8 heteroatoms. The molecule has 6 nitrogen and oxygen atoms in total. The molecule has 1 amide bonds. The molecule has 0 aliphatic heterocycles. The number of aryl methyl sites for hydroxylation is 2. The third kappa shape index (κ3) is 3.35. The summed E-state index contributed by atoms with van der Waals surface area (Å²) in [4.78, 5) is 12.5. The molecule has 136 valence electrons. The fraction of sp³-hybridized carbons (Fsp3) is 0.278. The zero-order valence-electron chi connectivity index (χ0n) is 14.8. The van der Waals surface area contributed by atoms with Crippen LogP contribution in [-0.4, -0.2) is 25.5 Å². The largest absolute Gasteiger partial charge is 0.317 e. The predicted octanol–water partition coefficient (Wildman–Crippen LogP) is 3.81. The Morgan fingerprint density at radius 2 is 2.04 bits per heavy atom. The summed E-state index contributed by atoms with van der Waals surface area (Å²) in [6, 6.07) is 6.22. The third-order valence-corrected chi connectivity index (χ3v) is 4.59. The van der Waals surface area contributed by atoms with Crippen LogP contribution < -0.4 is 5.32 Å². The predicted molar refractivity (Wildman–Crippen MR) is 98.1 cm³/mol. The number of halogens is 2. The van der Waals surface area contributed by atoms with Crippen molar-refractivity contribution < 1.29 is 9.18 Å². The van der Waals surface area contributed by atoms with Crippen molar-refractivity contribution in [3.8, 4) is 0 Å². The van der Waals surface area contributed by atoms with Gasteiger partial charge in [-0.2, -0.15) is 10.2 Å². The van der Waals surface area contributed by atoms with Gasteiger partial charge in [0.25, 0.3) is 5.91 Å². The van der Waals surface area contributed by atoms with E-state index in [1.54, 1.807) is 40.7 Å².